The number of halogens is 4. The van der Waals surface area contributed by atoms with Gasteiger partial charge in [-0.15, -0.1) is 0 Å². The first-order valence-corrected chi connectivity index (χ1v) is 7.93. The van der Waals surface area contributed by atoms with Gasteiger partial charge >= 0.3 is 6.18 Å². The van der Waals surface area contributed by atoms with Crippen LogP contribution in [-0.4, -0.2) is 30.1 Å². The van der Waals surface area contributed by atoms with Crippen LogP contribution in [0.4, 0.5) is 23.2 Å². The molecule has 2 heterocycles. The summed E-state index contributed by atoms with van der Waals surface area (Å²) in [6.45, 7) is 0.682. The molecule has 0 fully saturated rings. The van der Waals surface area contributed by atoms with E-state index in [9.17, 15) is 17.6 Å². The highest BCUT2D eigenvalue weighted by Crippen LogP contribution is 2.36. The molecule has 1 aliphatic heterocycles. The molecule has 0 amide bonds. The number of nitrogen functional groups attached to an aromatic ring is 1. The van der Waals surface area contributed by atoms with E-state index < -0.39 is 23.3 Å². The minimum absolute atomic E-state index is 0.0444. The predicted octanol–water partition coefficient (Wildman–Crippen LogP) is 2.48. The highest BCUT2D eigenvalue weighted by atomic mass is 19.4. The van der Waals surface area contributed by atoms with Crippen LogP contribution in [0.15, 0.2) is 11.8 Å². The summed E-state index contributed by atoms with van der Waals surface area (Å²) in [6, 6.07) is 0.980. The molecule has 2 aromatic rings. The van der Waals surface area contributed by atoms with Gasteiger partial charge in [-0.2, -0.15) is 13.2 Å². The van der Waals surface area contributed by atoms with Gasteiger partial charge in [0.25, 0.3) is 0 Å². The standard InChI is InChI=1S/C17H16F4N6/c18-11-3-12(24)8(4-22)13-7-1-2-26-6-10(7)14(27-15(11)13)9(5-23)16(25)17(19,20)21/h3-5,22-23,26H,1-2,6,24-25H2. The van der Waals surface area contributed by atoms with E-state index in [2.05, 4.69) is 10.3 Å². The summed E-state index contributed by atoms with van der Waals surface area (Å²) in [5, 5.41) is 18.4. The van der Waals surface area contributed by atoms with E-state index in [4.69, 9.17) is 22.3 Å². The highest BCUT2D eigenvalue weighted by molar-refractivity contribution is 6.12. The Morgan fingerprint density at radius 3 is 2.56 bits per heavy atom. The molecule has 0 saturated carbocycles. The summed E-state index contributed by atoms with van der Waals surface area (Å²) in [5.41, 5.74) is 9.77. The Bertz CT molecular complexity index is 994. The van der Waals surface area contributed by atoms with Crippen molar-refractivity contribution >= 4 is 34.6 Å². The molecule has 7 N–H and O–H groups in total. The van der Waals surface area contributed by atoms with Crippen LogP contribution >= 0.6 is 0 Å². The van der Waals surface area contributed by atoms with Crippen LogP contribution in [-0.2, 0) is 13.0 Å². The Morgan fingerprint density at radius 2 is 1.96 bits per heavy atom. The minimum atomic E-state index is -4.86. The summed E-state index contributed by atoms with van der Waals surface area (Å²) in [5.74, 6) is -0.814. The van der Waals surface area contributed by atoms with E-state index in [1.54, 1.807) is 0 Å². The lowest BCUT2D eigenvalue weighted by atomic mass is 9.89. The smallest absolute Gasteiger partial charge is 0.398 e. The number of nitrogens with one attached hydrogen (secondary N) is 3. The summed E-state index contributed by atoms with van der Waals surface area (Å²) < 4.78 is 53.9. The summed E-state index contributed by atoms with van der Waals surface area (Å²) in [6.07, 6.45) is -3.04. The number of nitrogens with zero attached hydrogens (tertiary/aromatic N) is 1. The van der Waals surface area contributed by atoms with Gasteiger partial charge in [0.15, 0.2) is 5.82 Å². The molecule has 0 saturated heterocycles. The van der Waals surface area contributed by atoms with Crippen LogP contribution in [0.2, 0.25) is 0 Å². The van der Waals surface area contributed by atoms with Gasteiger partial charge in [0.1, 0.15) is 11.2 Å². The van der Waals surface area contributed by atoms with Crippen molar-refractivity contribution in [1.29, 1.82) is 10.8 Å². The monoisotopic (exact) mass is 380 g/mol. The summed E-state index contributed by atoms with van der Waals surface area (Å²) in [4.78, 5) is 4.08. The second kappa shape index (κ2) is 6.62. The zero-order valence-electron chi connectivity index (χ0n) is 14.0. The zero-order chi connectivity index (χ0) is 19.9. The summed E-state index contributed by atoms with van der Waals surface area (Å²) in [7, 11) is 0. The highest BCUT2D eigenvalue weighted by Gasteiger charge is 2.36. The van der Waals surface area contributed by atoms with Crippen LogP contribution in [0.3, 0.4) is 0 Å². The van der Waals surface area contributed by atoms with Crippen molar-refractivity contribution in [3.8, 4) is 0 Å². The average molecular weight is 380 g/mol. The van der Waals surface area contributed by atoms with Crippen LogP contribution in [0.5, 0.6) is 0 Å². The maximum atomic E-state index is 14.6. The van der Waals surface area contributed by atoms with Gasteiger partial charge in [0, 0.05) is 41.2 Å². The molecule has 27 heavy (non-hydrogen) atoms. The van der Waals surface area contributed by atoms with Gasteiger partial charge in [0.2, 0.25) is 0 Å². The van der Waals surface area contributed by atoms with Gasteiger partial charge in [-0.3, -0.25) is 0 Å². The molecule has 0 radical (unpaired) electrons. The molecule has 142 valence electrons. The molecule has 1 aromatic heterocycles. The first kappa shape index (κ1) is 18.8. The number of aromatic nitrogens is 1. The Balaban J connectivity index is 2.50. The third-order valence-corrected chi connectivity index (χ3v) is 4.49. The average Bonchev–Trinajstić information content (AvgIpc) is 2.62. The number of anilines is 1. The number of allylic oxidation sites excluding steroid dienone is 2. The zero-order valence-corrected chi connectivity index (χ0v) is 14.0. The van der Waals surface area contributed by atoms with E-state index >= 15 is 0 Å². The van der Waals surface area contributed by atoms with Crippen molar-refractivity contribution in [1.82, 2.24) is 10.3 Å². The molecule has 3 rings (SSSR count). The van der Waals surface area contributed by atoms with Crippen molar-refractivity contribution in [3.05, 3.63) is 40.0 Å². The van der Waals surface area contributed by atoms with Crippen molar-refractivity contribution in [3.63, 3.8) is 0 Å². The maximum Gasteiger partial charge on any atom is 0.431 e. The number of alkyl halides is 3. The van der Waals surface area contributed by atoms with Crippen LogP contribution in [0.25, 0.3) is 16.5 Å². The lowest BCUT2D eigenvalue weighted by Gasteiger charge is -2.24. The molecular formula is C17H16F4N6. The number of rotatable bonds is 3. The largest absolute Gasteiger partial charge is 0.431 e. The van der Waals surface area contributed by atoms with E-state index in [1.165, 1.54) is 0 Å². The first-order chi connectivity index (χ1) is 12.7. The number of hydrogen-bond acceptors (Lipinski definition) is 6. The molecule has 10 heteroatoms. The molecular weight excluding hydrogens is 364 g/mol. The number of nitrogens with two attached hydrogens (primary N) is 2. The second-order valence-electron chi connectivity index (χ2n) is 6.04. The Morgan fingerprint density at radius 1 is 1.26 bits per heavy atom. The van der Waals surface area contributed by atoms with Gasteiger partial charge in [0.05, 0.1) is 5.69 Å². The lowest BCUT2D eigenvalue weighted by Crippen LogP contribution is -2.28. The maximum absolute atomic E-state index is 14.6. The van der Waals surface area contributed by atoms with Gasteiger partial charge < -0.3 is 27.6 Å². The third kappa shape index (κ3) is 3.01. The predicted molar refractivity (Wildman–Crippen MR) is 95.4 cm³/mol. The van der Waals surface area contributed by atoms with E-state index in [0.29, 0.717) is 35.7 Å². The lowest BCUT2D eigenvalue weighted by molar-refractivity contribution is -0.0919. The quantitative estimate of drug-likeness (QED) is 0.319. The fraction of sp³-hybridized carbons (Fsp3) is 0.235. The van der Waals surface area contributed by atoms with Crippen molar-refractivity contribution in [2.24, 2.45) is 5.73 Å². The fourth-order valence-corrected chi connectivity index (χ4v) is 3.26. The molecule has 0 bridgehead atoms. The molecule has 6 nitrogen and oxygen atoms in total. The molecule has 1 aliphatic rings. The number of hydrogen-bond donors (Lipinski definition) is 5. The van der Waals surface area contributed by atoms with Crippen LogP contribution in [0, 0.1) is 16.6 Å². The fourth-order valence-electron chi connectivity index (χ4n) is 3.26. The minimum Gasteiger partial charge on any atom is -0.398 e. The normalized spacial score (nSPS) is 15.3. The first-order valence-electron chi connectivity index (χ1n) is 7.93. The van der Waals surface area contributed by atoms with Gasteiger partial charge in [-0.25, -0.2) is 9.37 Å². The second-order valence-corrected chi connectivity index (χ2v) is 6.04. The number of fused-ring (bicyclic) bond motifs is 3. The molecule has 0 atom stereocenters. The Hall–Kier alpha value is -3.01. The van der Waals surface area contributed by atoms with Crippen LogP contribution < -0.4 is 16.8 Å². The molecule has 0 aliphatic carbocycles. The Labute approximate surface area is 151 Å². The molecule has 0 unspecified atom stereocenters. The summed E-state index contributed by atoms with van der Waals surface area (Å²) >= 11 is 0. The third-order valence-electron chi connectivity index (χ3n) is 4.49. The molecule has 0 spiro atoms. The van der Waals surface area contributed by atoms with Gasteiger partial charge in [-0.1, -0.05) is 0 Å². The van der Waals surface area contributed by atoms with E-state index in [0.717, 1.165) is 12.3 Å². The number of pyridine rings is 1. The Kier molecular flexibility index (Phi) is 4.60. The van der Waals surface area contributed by atoms with Crippen molar-refractivity contribution < 1.29 is 17.6 Å². The van der Waals surface area contributed by atoms with Crippen LogP contribution in [0.1, 0.15) is 22.4 Å². The van der Waals surface area contributed by atoms with Gasteiger partial charge in [-0.05, 0) is 30.2 Å². The van der Waals surface area contributed by atoms with Crippen molar-refractivity contribution in [2.45, 2.75) is 19.1 Å². The van der Waals surface area contributed by atoms with E-state index in [-0.39, 0.29) is 29.0 Å². The van der Waals surface area contributed by atoms with E-state index in [1.807, 2.05) is 0 Å². The van der Waals surface area contributed by atoms with Crippen molar-refractivity contribution in [2.75, 3.05) is 12.3 Å². The molecule has 1 aromatic carbocycles. The topological polar surface area (TPSA) is 125 Å². The number of benzene rings is 1. The SMILES string of the molecule is N=CC(=C(N)C(F)(F)F)c1nc2c(F)cc(N)c(C=N)c2c2c1CNCC2.